The monoisotopic (exact) mass is 432 g/mol. The molecule has 0 saturated heterocycles. The van der Waals surface area contributed by atoms with Gasteiger partial charge in [-0.2, -0.15) is 0 Å². The van der Waals surface area contributed by atoms with Crippen molar-refractivity contribution < 1.29 is 18.7 Å². The fourth-order valence-corrected chi connectivity index (χ4v) is 4.06. The maximum atomic E-state index is 12.7. The third-order valence-electron chi connectivity index (χ3n) is 5.77. The minimum Gasteiger partial charge on any atom is -0.484 e. The van der Waals surface area contributed by atoms with Crippen LogP contribution in [0.25, 0.3) is 0 Å². The Morgan fingerprint density at radius 1 is 1.16 bits per heavy atom. The smallest absolute Gasteiger partial charge is 0.258 e. The van der Waals surface area contributed by atoms with Crippen LogP contribution in [0.2, 0.25) is 0 Å². The third kappa shape index (κ3) is 4.85. The highest BCUT2D eigenvalue weighted by molar-refractivity contribution is 5.78. The van der Waals surface area contributed by atoms with Gasteiger partial charge < -0.3 is 19.4 Å². The van der Waals surface area contributed by atoms with Gasteiger partial charge in [-0.25, -0.2) is 0 Å². The highest BCUT2D eigenvalue weighted by atomic mass is 16.5. The number of rotatable bonds is 7. The van der Waals surface area contributed by atoms with Gasteiger partial charge in [0.2, 0.25) is 5.91 Å². The number of furan rings is 1. The molecule has 0 saturated carbocycles. The molecule has 4 rings (SSSR count). The van der Waals surface area contributed by atoms with Gasteiger partial charge in [0.25, 0.3) is 5.91 Å². The van der Waals surface area contributed by atoms with Crippen molar-refractivity contribution in [1.82, 2.24) is 10.2 Å². The van der Waals surface area contributed by atoms with Gasteiger partial charge in [-0.3, -0.25) is 9.59 Å². The molecule has 1 aliphatic rings. The number of fused-ring (bicyclic) bond motifs is 1. The fraction of sp³-hybridized carbons (Fsp3) is 0.308. The number of hydrogen-bond donors (Lipinski definition) is 1. The number of nitrogens with one attached hydrogen (secondary N) is 1. The third-order valence-corrected chi connectivity index (χ3v) is 5.77. The van der Waals surface area contributed by atoms with Crippen LogP contribution >= 0.6 is 0 Å². The largest absolute Gasteiger partial charge is 0.484 e. The summed E-state index contributed by atoms with van der Waals surface area (Å²) >= 11 is 0. The van der Waals surface area contributed by atoms with Crippen molar-refractivity contribution in [3.63, 3.8) is 0 Å². The van der Waals surface area contributed by atoms with E-state index in [0.717, 1.165) is 17.5 Å². The van der Waals surface area contributed by atoms with E-state index in [0.29, 0.717) is 31.0 Å². The molecule has 0 bridgehead atoms. The molecule has 1 N–H and O–H groups in total. The van der Waals surface area contributed by atoms with E-state index in [1.807, 2.05) is 30.0 Å². The van der Waals surface area contributed by atoms with Crippen molar-refractivity contribution in [3.8, 4) is 5.75 Å². The maximum Gasteiger partial charge on any atom is 0.258 e. The SMILES string of the molecule is CCC(=O)N1CCc2ccc(OCC(=O)NCc3ccco3)cc2C1c1ccc(C)cc1. The van der Waals surface area contributed by atoms with Crippen molar-refractivity contribution in [3.05, 3.63) is 88.9 Å². The quantitative estimate of drug-likeness (QED) is 0.608. The van der Waals surface area contributed by atoms with Crippen molar-refractivity contribution in [2.45, 2.75) is 39.3 Å². The lowest BCUT2D eigenvalue weighted by Gasteiger charge is -2.38. The Morgan fingerprint density at radius 3 is 2.69 bits per heavy atom. The summed E-state index contributed by atoms with van der Waals surface area (Å²) in [5.41, 5.74) is 4.50. The van der Waals surface area contributed by atoms with Crippen LogP contribution in [-0.2, 0) is 22.6 Å². The molecule has 32 heavy (non-hydrogen) atoms. The lowest BCUT2D eigenvalue weighted by atomic mass is 9.87. The zero-order valence-electron chi connectivity index (χ0n) is 18.5. The van der Waals surface area contributed by atoms with Gasteiger partial charge in [0, 0.05) is 13.0 Å². The second-order valence-electron chi connectivity index (χ2n) is 8.01. The van der Waals surface area contributed by atoms with Gasteiger partial charge in [0.05, 0.1) is 18.8 Å². The van der Waals surface area contributed by atoms with Crippen LogP contribution in [0.15, 0.2) is 65.3 Å². The molecule has 1 aromatic heterocycles. The van der Waals surface area contributed by atoms with Crippen LogP contribution in [0.3, 0.4) is 0 Å². The van der Waals surface area contributed by atoms with E-state index < -0.39 is 0 Å². The number of carbonyl (C=O) groups excluding carboxylic acids is 2. The van der Waals surface area contributed by atoms with Crippen LogP contribution in [-0.4, -0.2) is 29.9 Å². The molecular formula is C26H28N2O4. The highest BCUT2D eigenvalue weighted by Crippen LogP contribution is 2.37. The normalized spacial score (nSPS) is 15.2. The average Bonchev–Trinajstić information content (AvgIpc) is 3.34. The molecule has 2 aromatic carbocycles. The van der Waals surface area contributed by atoms with Crippen LogP contribution in [0.4, 0.5) is 0 Å². The molecule has 3 aromatic rings. The van der Waals surface area contributed by atoms with Crippen LogP contribution in [0, 0.1) is 6.92 Å². The lowest BCUT2D eigenvalue weighted by molar-refractivity contribution is -0.133. The van der Waals surface area contributed by atoms with Gasteiger partial charge in [-0.1, -0.05) is 42.8 Å². The van der Waals surface area contributed by atoms with E-state index in [1.54, 1.807) is 18.4 Å². The first kappa shape index (κ1) is 21.7. The number of carbonyl (C=O) groups is 2. The summed E-state index contributed by atoms with van der Waals surface area (Å²) in [6.07, 6.45) is 2.83. The average molecular weight is 433 g/mol. The molecule has 0 radical (unpaired) electrons. The van der Waals surface area contributed by atoms with E-state index >= 15 is 0 Å². The molecule has 1 atom stereocenters. The fourth-order valence-electron chi connectivity index (χ4n) is 4.06. The number of nitrogens with zero attached hydrogens (tertiary/aromatic N) is 1. The maximum absolute atomic E-state index is 12.7. The van der Waals surface area contributed by atoms with Crippen LogP contribution in [0.5, 0.6) is 5.75 Å². The van der Waals surface area contributed by atoms with E-state index in [1.165, 1.54) is 11.1 Å². The summed E-state index contributed by atoms with van der Waals surface area (Å²) in [6.45, 7) is 4.87. The van der Waals surface area contributed by atoms with Gasteiger partial charge in [0.15, 0.2) is 6.61 Å². The Morgan fingerprint density at radius 2 is 1.97 bits per heavy atom. The molecular weight excluding hydrogens is 404 g/mol. The summed E-state index contributed by atoms with van der Waals surface area (Å²) in [4.78, 5) is 26.8. The summed E-state index contributed by atoms with van der Waals surface area (Å²) < 4.78 is 11.0. The van der Waals surface area contributed by atoms with Gasteiger partial charge in [-0.15, -0.1) is 0 Å². The van der Waals surface area contributed by atoms with Crippen molar-refractivity contribution in [1.29, 1.82) is 0 Å². The highest BCUT2D eigenvalue weighted by Gasteiger charge is 2.31. The number of amides is 2. The van der Waals surface area contributed by atoms with E-state index in [4.69, 9.17) is 9.15 Å². The lowest BCUT2D eigenvalue weighted by Crippen LogP contribution is -2.40. The summed E-state index contributed by atoms with van der Waals surface area (Å²) in [5.74, 6) is 1.20. The Kier molecular flexibility index (Phi) is 6.59. The standard InChI is InChI=1S/C26H28N2O4/c1-3-25(30)28-13-12-19-10-11-21(32-17-24(29)27-16-22-5-4-14-31-22)15-23(19)26(28)20-8-6-18(2)7-9-20/h4-11,14-15,26H,3,12-13,16-17H2,1-2H3,(H,27,29). The van der Waals surface area contributed by atoms with E-state index in [2.05, 4.69) is 36.5 Å². The Bertz CT molecular complexity index is 1070. The molecule has 1 unspecified atom stereocenters. The molecule has 6 heteroatoms. The Labute approximate surface area is 188 Å². The summed E-state index contributed by atoms with van der Waals surface area (Å²) in [7, 11) is 0. The molecule has 1 aliphatic heterocycles. The number of benzene rings is 2. The second-order valence-corrected chi connectivity index (χ2v) is 8.01. The molecule has 2 heterocycles. The van der Waals surface area contributed by atoms with E-state index in [-0.39, 0.29) is 24.5 Å². The number of ether oxygens (including phenoxy) is 1. The zero-order valence-corrected chi connectivity index (χ0v) is 18.5. The number of aryl methyl sites for hydroxylation is 1. The predicted octanol–water partition coefficient (Wildman–Crippen LogP) is 4.17. The zero-order chi connectivity index (χ0) is 22.5. The van der Waals surface area contributed by atoms with Crippen LogP contribution < -0.4 is 10.1 Å². The molecule has 6 nitrogen and oxygen atoms in total. The first-order valence-electron chi connectivity index (χ1n) is 11.0. The Hall–Kier alpha value is -3.54. The molecule has 0 fully saturated rings. The molecule has 0 spiro atoms. The summed E-state index contributed by atoms with van der Waals surface area (Å²) in [6, 6.07) is 17.6. The number of hydrogen-bond acceptors (Lipinski definition) is 4. The van der Waals surface area contributed by atoms with Crippen molar-refractivity contribution >= 4 is 11.8 Å². The molecule has 2 amide bonds. The Balaban J connectivity index is 1.53. The first-order chi connectivity index (χ1) is 15.5. The topological polar surface area (TPSA) is 71.8 Å². The van der Waals surface area contributed by atoms with Gasteiger partial charge in [-0.05, 0) is 54.3 Å². The van der Waals surface area contributed by atoms with Gasteiger partial charge in [0.1, 0.15) is 11.5 Å². The van der Waals surface area contributed by atoms with Crippen molar-refractivity contribution in [2.24, 2.45) is 0 Å². The van der Waals surface area contributed by atoms with Gasteiger partial charge >= 0.3 is 0 Å². The second kappa shape index (κ2) is 9.73. The first-order valence-corrected chi connectivity index (χ1v) is 11.0. The van der Waals surface area contributed by atoms with Crippen LogP contribution in [0.1, 0.15) is 47.4 Å². The minimum atomic E-state index is -0.225. The molecule has 0 aliphatic carbocycles. The van der Waals surface area contributed by atoms with Crippen molar-refractivity contribution in [2.75, 3.05) is 13.2 Å². The minimum absolute atomic E-state index is 0.0910. The summed E-state index contributed by atoms with van der Waals surface area (Å²) in [5, 5.41) is 2.78. The predicted molar refractivity (Wildman–Crippen MR) is 121 cm³/mol. The van der Waals surface area contributed by atoms with E-state index in [9.17, 15) is 9.59 Å². The molecule has 166 valence electrons.